The Bertz CT molecular complexity index is 671. The maximum atomic E-state index is 12.7. The van der Waals surface area contributed by atoms with Crippen molar-refractivity contribution in [1.82, 2.24) is 0 Å². The minimum absolute atomic E-state index is 0.121. The summed E-state index contributed by atoms with van der Waals surface area (Å²) in [5, 5.41) is 11.0. The van der Waals surface area contributed by atoms with Gasteiger partial charge in [0, 0.05) is 12.1 Å². The molecule has 24 heavy (non-hydrogen) atoms. The molecule has 0 radical (unpaired) electrons. The van der Waals surface area contributed by atoms with E-state index in [0.717, 1.165) is 0 Å². The Labute approximate surface area is 139 Å². The predicted octanol–water partition coefficient (Wildman–Crippen LogP) is 2.30. The van der Waals surface area contributed by atoms with E-state index in [2.05, 4.69) is 0 Å². The van der Waals surface area contributed by atoms with Gasteiger partial charge in [-0.1, -0.05) is 13.8 Å². The Morgan fingerprint density at radius 2 is 2.04 bits per heavy atom. The van der Waals surface area contributed by atoms with Crippen LogP contribution < -0.4 is 9.64 Å². The molecule has 0 N–H and O–H groups in total. The fraction of sp³-hybridized carbons (Fsp3) is 0.500. The van der Waals surface area contributed by atoms with Crippen molar-refractivity contribution in [2.45, 2.75) is 39.9 Å². The molecule has 8 heteroatoms. The molecule has 1 unspecified atom stereocenters. The minimum Gasteiger partial charge on any atom is -0.478 e. The molecule has 0 saturated carbocycles. The van der Waals surface area contributed by atoms with Crippen molar-refractivity contribution < 1.29 is 24.0 Å². The number of esters is 1. The number of amides is 1. The van der Waals surface area contributed by atoms with Crippen molar-refractivity contribution in [2.24, 2.45) is 5.92 Å². The topological polar surface area (TPSA) is 99.0 Å². The lowest BCUT2D eigenvalue weighted by molar-refractivity contribution is -0.384. The van der Waals surface area contributed by atoms with Gasteiger partial charge in [0.25, 0.3) is 11.6 Å². The number of nitro benzene ring substituents is 1. The van der Waals surface area contributed by atoms with Crippen LogP contribution in [0.1, 0.15) is 27.7 Å². The fourth-order valence-corrected chi connectivity index (χ4v) is 2.40. The largest absolute Gasteiger partial charge is 0.478 e. The van der Waals surface area contributed by atoms with Crippen LogP contribution in [0.2, 0.25) is 0 Å². The Kier molecular flexibility index (Phi) is 5.06. The molecule has 130 valence electrons. The van der Waals surface area contributed by atoms with Crippen molar-refractivity contribution in [1.29, 1.82) is 0 Å². The highest BCUT2D eigenvalue weighted by Gasteiger charge is 2.38. The van der Waals surface area contributed by atoms with Crippen LogP contribution in [0.5, 0.6) is 5.75 Å². The lowest BCUT2D eigenvalue weighted by Crippen LogP contribution is -2.50. The maximum Gasteiger partial charge on any atom is 0.326 e. The highest BCUT2D eigenvalue weighted by atomic mass is 16.6. The number of rotatable bonds is 5. The number of nitro groups is 1. The molecular formula is C16H20N2O6. The van der Waals surface area contributed by atoms with E-state index in [4.69, 9.17) is 9.47 Å². The highest BCUT2D eigenvalue weighted by molar-refractivity contribution is 6.03. The number of hydrogen-bond acceptors (Lipinski definition) is 6. The number of benzene rings is 1. The van der Waals surface area contributed by atoms with Gasteiger partial charge in [-0.05, 0) is 25.8 Å². The number of carbonyl (C=O) groups is 2. The summed E-state index contributed by atoms with van der Waals surface area (Å²) in [7, 11) is 0. The van der Waals surface area contributed by atoms with Gasteiger partial charge in [0.15, 0.2) is 6.10 Å². The lowest BCUT2D eigenvalue weighted by atomic mass is 10.0. The molecule has 0 spiro atoms. The normalized spacial score (nSPS) is 16.8. The van der Waals surface area contributed by atoms with Crippen molar-refractivity contribution in [2.75, 3.05) is 11.4 Å². The second-order valence-electron chi connectivity index (χ2n) is 6.15. The van der Waals surface area contributed by atoms with E-state index in [9.17, 15) is 19.7 Å². The third-order valence-corrected chi connectivity index (χ3v) is 3.47. The average molecular weight is 336 g/mol. The second kappa shape index (κ2) is 6.86. The average Bonchev–Trinajstić information content (AvgIpc) is 2.48. The van der Waals surface area contributed by atoms with Gasteiger partial charge in [0.1, 0.15) is 12.3 Å². The number of carbonyl (C=O) groups excluding carboxylic acids is 2. The van der Waals surface area contributed by atoms with Gasteiger partial charge in [-0.25, -0.2) is 0 Å². The van der Waals surface area contributed by atoms with Crippen LogP contribution in [0.25, 0.3) is 0 Å². The standard InChI is InChI=1S/C16H20N2O6/c1-9(2)15-16(20)17(8-14(19)23-10(3)4)12-7-11(18(21)22)5-6-13(12)24-15/h5-7,9-10,15H,8H2,1-4H3. The SMILES string of the molecule is CC(C)OC(=O)CN1C(=O)C(C(C)C)Oc2ccc([N+](=O)[O-])cc21. The Hall–Kier alpha value is -2.64. The molecule has 0 bridgehead atoms. The molecular weight excluding hydrogens is 316 g/mol. The number of ether oxygens (including phenoxy) is 2. The van der Waals surface area contributed by atoms with Gasteiger partial charge < -0.3 is 9.47 Å². The molecule has 1 aromatic carbocycles. The molecule has 1 aliphatic heterocycles. The van der Waals surface area contributed by atoms with Gasteiger partial charge in [-0.15, -0.1) is 0 Å². The van der Waals surface area contributed by atoms with Gasteiger partial charge >= 0.3 is 5.97 Å². The molecule has 1 atom stereocenters. The summed E-state index contributed by atoms with van der Waals surface area (Å²) in [6.07, 6.45) is -1.08. The molecule has 0 aliphatic carbocycles. The van der Waals surface area contributed by atoms with Crippen LogP contribution >= 0.6 is 0 Å². The fourth-order valence-electron chi connectivity index (χ4n) is 2.40. The van der Waals surface area contributed by atoms with E-state index < -0.39 is 22.9 Å². The first kappa shape index (κ1) is 17.7. The van der Waals surface area contributed by atoms with Crippen LogP contribution in [-0.2, 0) is 14.3 Å². The minimum atomic E-state index is -0.759. The molecule has 1 heterocycles. The first-order valence-electron chi connectivity index (χ1n) is 7.66. The molecule has 8 nitrogen and oxygen atoms in total. The third kappa shape index (κ3) is 3.64. The summed E-state index contributed by atoms with van der Waals surface area (Å²) < 4.78 is 10.7. The zero-order valence-corrected chi connectivity index (χ0v) is 14.0. The number of anilines is 1. The quantitative estimate of drug-likeness (QED) is 0.465. The molecule has 2 rings (SSSR count). The number of nitrogens with zero attached hydrogens (tertiary/aromatic N) is 2. The van der Waals surface area contributed by atoms with E-state index in [-0.39, 0.29) is 29.9 Å². The van der Waals surface area contributed by atoms with E-state index in [0.29, 0.717) is 5.75 Å². The number of non-ortho nitro benzene ring substituents is 1. The first-order valence-corrected chi connectivity index (χ1v) is 7.66. The summed E-state index contributed by atoms with van der Waals surface area (Å²) in [5.74, 6) is -0.792. The van der Waals surface area contributed by atoms with Crippen LogP contribution in [0.4, 0.5) is 11.4 Å². The van der Waals surface area contributed by atoms with E-state index in [1.807, 2.05) is 13.8 Å². The number of hydrogen-bond donors (Lipinski definition) is 0. The van der Waals surface area contributed by atoms with Crippen LogP contribution in [-0.4, -0.2) is 35.6 Å². The summed E-state index contributed by atoms with van der Waals surface area (Å²) in [5.41, 5.74) is 0.0159. The van der Waals surface area contributed by atoms with E-state index in [1.54, 1.807) is 13.8 Å². The summed E-state index contributed by atoms with van der Waals surface area (Å²) in [6.45, 7) is 6.73. The molecule has 0 fully saturated rings. The predicted molar refractivity (Wildman–Crippen MR) is 85.9 cm³/mol. The van der Waals surface area contributed by atoms with Gasteiger partial charge in [-0.2, -0.15) is 0 Å². The number of fused-ring (bicyclic) bond motifs is 1. The van der Waals surface area contributed by atoms with Gasteiger partial charge in [0.2, 0.25) is 0 Å². The summed E-state index contributed by atoms with van der Waals surface area (Å²) >= 11 is 0. The zero-order chi connectivity index (χ0) is 18.0. The van der Waals surface area contributed by atoms with Gasteiger partial charge in [-0.3, -0.25) is 24.6 Å². The highest BCUT2D eigenvalue weighted by Crippen LogP contribution is 2.38. The van der Waals surface area contributed by atoms with E-state index in [1.165, 1.54) is 23.1 Å². The van der Waals surface area contributed by atoms with Crippen LogP contribution in [0.3, 0.4) is 0 Å². The summed E-state index contributed by atoms with van der Waals surface area (Å²) in [6, 6.07) is 3.97. The smallest absolute Gasteiger partial charge is 0.326 e. The molecule has 0 saturated heterocycles. The maximum absolute atomic E-state index is 12.7. The van der Waals surface area contributed by atoms with Gasteiger partial charge in [0.05, 0.1) is 16.7 Å². The van der Waals surface area contributed by atoms with Crippen molar-refractivity contribution in [3.05, 3.63) is 28.3 Å². The zero-order valence-electron chi connectivity index (χ0n) is 14.0. The Morgan fingerprint density at radius 3 is 2.58 bits per heavy atom. The second-order valence-corrected chi connectivity index (χ2v) is 6.15. The van der Waals surface area contributed by atoms with Crippen LogP contribution in [0, 0.1) is 16.0 Å². The van der Waals surface area contributed by atoms with Crippen molar-refractivity contribution in [3.63, 3.8) is 0 Å². The lowest BCUT2D eigenvalue weighted by Gasteiger charge is -2.35. The monoisotopic (exact) mass is 336 g/mol. The molecule has 1 amide bonds. The molecule has 0 aromatic heterocycles. The van der Waals surface area contributed by atoms with E-state index >= 15 is 0 Å². The molecule has 1 aliphatic rings. The molecule has 1 aromatic rings. The first-order chi connectivity index (χ1) is 11.2. The van der Waals surface area contributed by atoms with Crippen molar-refractivity contribution in [3.8, 4) is 5.75 Å². The Balaban J connectivity index is 2.41. The summed E-state index contributed by atoms with van der Waals surface area (Å²) in [4.78, 5) is 36.3. The van der Waals surface area contributed by atoms with Crippen LogP contribution in [0.15, 0.2) is 18.2 Å². The third-order valence-electron chi connectivity index (χ3n) is 3.47. The Morgan fingerprint density at radius 1 is 1.38 bits per heavy atom. The van der Waals surface area contributed by atoms with Crippen molar-refractivity contribution >= 4 is 23.3 Å².